The summed E-state index contributed by atoms with van der Waals surface area (Å²) in [7, 11) is -1.79. The van der Waals surface area contributed by atoms with Gasteiger partial charge in [-0.2, -0.15) is 0 Å². The van der Waals surface area contributed by atoms with Crippen LogP contribution in [0.2, 0.25) is 0 Å². The predicted molar refractivity (Wildman–Crippen MR) is 87.5 cm³/mol. The molecule has 1 heterocycles. The number of esters is 1. The average molecular weight is 341 g/mol. The highest BCUT2D eigenvalue weighted by Crippen LogP contribution is 2.61. The first-order valence-electron chi connectivity index (χ1n) is 7.68. The van der Waals surface area contributed by atoms with Crippen LogP contribution >= 0.6 is 7.37 Å². The summed E-state index contributed by atoms with van der Waals surface area (Å²) in [5, 5.41) is 13.6. The number of aliphatic hydroxyl groups is 1. The van der Waals surface area contributed by atoms with Crippen LogP contribution in [0, 0.1) is 0 Å². The molecule has 1 aromatic rings. The van der Waals surface area contributed by atoms with Gasteiger partial charge in [0.2, 0.25) is 7.37 Å². The maximum absolute atomic E-state index is 13.0. The molecule has 1 saturated heterocycles. The maximum Gasteiger partial charge on any atom is 0.327 e. The highest BCUT2D eigenvalue weighted by molar-refractivity contribution is 7.60. The van der Waals surface area contributed by atoms with Crippen LogP contribution in [0.3, 0.4) is 0 Å². The van der Waals surface area contributed by atoms with E-state index in [0.717, 1.165) is 0 Å². The van der Waals surface area contributed by atoms with Crippen molar-refractivity contribution in [3.63, 3.8) is 0 Å². The van der Waals surface area contributed by atoms with Crippen LogP contribution in [0.4, 0.5) is 0 Å². The molecule has 0 spiro atoms. The van der Waals surface area contributed by atoms with E-state index >= 15 is 0 Å². The summed E-state index contributed by atoms with van der Waals surface area (Å²) in [6, 6.07) is 8.20. The zero-order valence-electron chi connectivity index (χ0n) is 13.7. The normalized spacial score (nSPS) is 31.7. The van der Waals surface area contributed by atoms with Crippen LogP contribution in [0.15, 0.2) is 30.3 Å². The Morgan fingerprint density at radius 1 is 1.48 bits per heavy atom. The molecule has 23 heavy (non-hydrogen) atoms. The Kier molecular flexibility index (Phi) is 5.63. The van der Waals surface area contributed by atoms with E-state index in [9.17, 15) is 14.5 Å². The molecule has 2 rings (SSSR count). The average Bonchev–Trinajstić information content (AvgIpc) is 2.76. The van der Waals surface area contributed by atoms with Crippen molar-refractivity contribution in [3.05, 3.63) is 35.9 Å². The Bertz CT molecular complexity index is 589. The maximum atomic E-state index is 13.0. The summed E-state index contributed by atoms with van der Waals surface area (Å²) >= 11 is 0. The van der Waals surface area contributed by atoms with Gasteiger partial charge in [-0.3, -0.25) is 9.88 Å². The fourth-order valence-electron chi connectivity index (χ4n) is 2.94. The Balaban J connectivity index is 2.33. The standard InChI is InChI=1S/C16H24NO5P/c1-4-22-23(20)11-10-16(2,19)15(23)17-13(14(18)21-3)12-8-6-5-7-9-12/h5-9,13,15,17,19H,4,10-11H2,1-3H3/t13-,15?,16?,23?/m1/s1. The third-order valence-corrected chi connectivity index (χ3v) is 7.19. The van der Waals surface area contributed by atoms with Crippen molar-refractivity contribution < 1.29 is 23.7 Å². The molecule has 2 N–H and O–H groups in total. The Hall–Kier alpha value is -1.20. The lowest BCUT2D eigenvalue weighted by Crippen LogP contribution is -2.48. The third-order valence-electron chi connectivity index (χ3n) is 4.15. The summed E-state index contributed by atoms with van der Waals surface area (Å²) < 4.78 is 23.4. The number of ether oxygens (including phenoxy) is 1. The molecule has 6 nitrogen and oxygen atoms in total. The predicted octanol–water partition coefficient (Wildman–Crippen LogP) is 2.29. The van der Waals surface area contributed by atoms with Gasteiger partial charge in [-0.15, -0.1) is 0 Å². The van der Waals surface area contributed by atoms with Crippen molar-refractivity contribution in [2.24, 2.45) is 0 Å². The van der Waals surface area contributed by atoms with Crippen molar-refractivity contribution in [2.45, 2.75) is 37.7 Å². The molecular formula is C16H24NO5P. The second-order valence-corrected chi connectivity index (χ2v) is 8.58. The first-order valence-corrected chi connectivity index (χ1v) is 9.56. The first-order chi connectivity index (χ1) is 10.8. The number of nitrogens with one attached hydrogen (secondary N) is 1. The van der Waals surface area contributed by atoms with E-state index in [1.165, 1.54) is 7.11 Å². The van der Waals surface area contributed by atoms with E-state index in [0.29, 0.717) is 18.6 Å². The van der Waals surface area contributed by atoms with E-state index in [1.807, 2.05) is 18.2 Å². The van der Waals surface area contributed by atoms with Crippen LogP contribution in [0.1, 0.15) is 31.9 Å². The summed E-state index contributed by atoms with van der Waals surface area (Å²) in [4.78, 5) is 12.2. The number of benzene rings is 1. The molecule has 0 saturated carbocycles. The van der Waals surface area contributed by atoms with Crippen molar-refractivity contribution in [2.75, 3.05) is 19.9 Å². The van der Waals surface area contributed by atoms with Gasteiger partial charge in [0.1, 0.15) is 11.8 Å². The van der Waals surface area contributed by atoms with Gasteiger partial charge in [-0.1, -0.05) is 30.3 Å². The van der Waals surface area contributed by atoms with Gasteiger partial charge in [0.15, 0.2) is 0 Å². The largest absolute Gasteiger partial charge is 0.468 e. The molecule has 7 heteroatoms. The second kappa shape index (κ2) is 7.14. The highest BCUT2D eigenvalue weighted by Gasteiger charge is 2.53. The molecule has 0 aromatic heterocycles. The van der Waals surface area contributed by atoms with Gasteiger partial charge >= 0.3 is 5.97 Å². The van der Waals surface area contributed by atoms with E-state index in [4.69, 9.17) is 9.26 Å². The molecule has 3 unspecified atom stereocenters. The number of methoxy groups -OCH3 is 1. The topological polar surface area (TPSA) is 84.9 Å². The lowest BCUT2D eigenvalue weighted by atomic mass is 10.0. The van der Waals surface area contributed by atoms with Gasteiger partial charge in [0.25, 0.3) is 0 Å². The molecule has 0 radical (unpaired) electrons. The number of carbonyl (C=O) groups excluding carboxylic acids is 1. The monoisotopic (exact) mass is 341 g/mol. The van der Waals surface area contributed by atoms with Crippen LogP contribution < -0.4 is 5.32 Å². The van der Waals surface area contributed by atoms with Crippen LogP contribution in [-0.2, 0) is 18.6 Å². The van der Waals surface area contributed by atoms with Gasteiger partial charge in [0.05, 0.1) is 19.3 Å². The SMILES string of the molecule is CCOP1(=O)CCC(C)(O)C1N[C@@H](C(=O)OC)c1ccccc1. The fraction of sp³-hybridized carbons (Fsp3) is 0.562. The molecule has 1 fully saturated rings. The lowest BCUT2D eigenvalue weighted by Gasteiger charge is -2.32. The van der Waals surface area contributed by atoms with Crippen molar-refractivity contribution in [1.82, 2.24) is 5.32 Å². The molecule has 4 atom stereocenters. The van der Waals surface area contributed by atoms with E-state index in [1.54, 1.807) is 26.0 Å². The zero-order valence-corrected chi connectivity index (χ0v) is 14.6. The zero-order chi connectivity index (χ0) is 17.1. The smallest absolute Gasteiger partial charge is 0.327 e. The van der Waals surface area contributed by atoms with Gasteiger partial charge < -0.3 is 14.4 Å². The Morgan fingerprint density at radius 3 is 2.70 bits per heavy atom. The summed E-state index contributed by atoms with van der Waals surface area (Å²) in [6.07, 6.45) is 0.638. The second-order valence-electron chi connectivity index (χ2n) is 5.91. The van der Waals surface area contributed by atoms with Crippen molar-refractivity contribution >= 4 is 13.3 Å². The molecule has 1 aliphatic heterocycles. The minimum atomic E-state index is -3.10. The minimum absolute atomic E-state index is 0.286. The van der Waals surface area contributed by atoms with Gasteiger partial charge in [-0.05, 0) is 25.8 Å². The fourth-order valence-corrected chi connectivity index (χ4v) is 6.03. The highest BCUT2D eigenvalue weighted by atomic mass is 31.2. The number of carbonyl (C=O) groups is 1. The number of hydrogen-bond donors (Lipinski definition) is 2. The van der Waals surface area contributed by atoms with Crippen LogP contribution in [-0.4, -0.2) is 42.3 Å². The van der Waals surface area contributed by atoms with E-state index < -0.39 is 30.8 Å². The minimum Gasteiger partial charge on any atom is -0.468 e. The molecular weight excluding hydrogens is 317 g/mol. The van der Waals surface area contributed by atoms with Crippen LogP contribution in [0.5, 0.6) is 0 Å². The summed E-state index contributed by atoms with van der Waals surface area (Å²) in [5.41, 5.74) is -0.531. The first kappa shape index (κ1) is 18.1. The molecule has 0 aliphatic carbocycles. The van der Waals surface area contributed by atoms with E-state index in [2.05, 4.69) is 5.32 Å². The molecule has 0 bridgehead atoms. The van der Waals surface area contributed by atoms with Crippen molar-refractivity contribution in [1.29, 1.82) is 0 Å². The lowest BCUT2D eigenvalue weighted by molar-refractivity contribution is -0.143. The van der Waals surface area contributed by atoms with E-state index in [-0.39, 0.29) is 6.16 Å². The van der Waals surface area contributed by atoms with Crippen LogP contribution in [0.25, 0.3) is 0 Å². The Morgan fingerprint density at radius 2 is 2.13 bits per heavy atom. The number of rotatable bonds is 6. The van der Waals surface area contributed by atoms with Gasteiger partial charge in [-0.25, -0.2) is 4.79 Å². The molecule has 0 amide bonds. The molecule has 128 valence electrons. The third kappa shape index (κ3) is 3.83. The quantitative estimate of drug-likeness (QED) is 0.610. The van der Waals surface area contributed by atoms with Gasteiger partial charge in [0, 0.05) is 6.16 Å². The summed E-state index contributed by atoms with van der Waals surface area (Å²) in [5.74, 6) is -1.32. The summed E-state index contributed by atoms with van der Waals surface area (Å²) in [6.45, 7) is 3.67. The Labute approximate surface area is 136 Å². The molecule has 1 aliphatic rings. The molecule has 1 aromatic carbocycles. The van der Waals surface area contributed by atoms with Crippen molar-refractivity contribution in [3.8, 4) is 0 Å². The number of hydrogen-bond acceptors (Lipinski definition) is 6.